The smallest absolute Gasteiger partial charge is 0.255 e. The Bertz CT molecular complexity index is 663. The van der Waals surface area contributed by atoms with Crippen molar-refractivity contribution in [1.82, 2.24) is 0 Å². The molecule has 0 aromatic heterocycles. The second kappa shape index (κ2) is 5.97. The van der Waals surface area contributed by atoms with Crippen molar-refractivity contribution >= 4 is 11.6 Å². The van der Waals surface area contributed by atoms with Crippen LogP contribution in [0, 0.1) is 17.5 Å². The number of para-hydroxylation sites is 1. The monoisotopic (exact) mass is 295 g/mol. The average molecular weight is 295 g/mol. The fraction of sp³-hybridized carbons (Fsp3) is 0.133. The number of rotatable bonds is 3. The van der Waals surface area contributed by atoms with Crippen LogP contribution in [0.5, 0.6) is 0 Å². The fourth-order valence-corrected chi connectivity index (χ4v) is 1.86. The fourth-order valence-electron chi connectivity index (χ4n) is 1.86. The minimum absolute atomic E-state index is 0.308. The summed E-state index contributed by atoms with van der Waals surface area (Å²) < 4.78 is 39.1. The van der Waals surface area contributed by atoms with Crippen molar-refractivity contribution in [2.45, 2.75) is 13.0 Å². The summed E-state index contributed by atoms with van der Waals surface area (Å²) in [5, 5.41) is 12.0. The Balaban J connectivity index is 2.31. The maximum atomic E-state index is 13.1. The summed E-state index contributed by atoms with van der Waals surface area (Å²) in [5.41, 5.74) is 0.406. The molecule has 0 saturated heterocycles. The summed E-state index contributed by atoms with van der Waals surface area (Å²) in [5.74, 6) is -5.32. The van der Waals surface area contributed by atoms with E-state index in [0.717, 1.165) is 0 Å². The lowest BCUT2D eigenvalue weighted by Gasteiger charge is -2.13. The zero-order valence-electron chi connectivity index (χ0n) is 11.0. The molecule has 6 heteroatoms. The second-order valence-corrected chi connectivity index (χ2v) is 4.47. The van der Waals surface area contributed by atoms with E-state index < -0.39 is 29.5 Å². The van der Waals surface area contributed by atoms with Crippen LogP contribution in [-0.4, -0.2) is 11.0 Å². The summed E-state index contributed by atoms with van der Waals surface area (Å²) in [6.45, 7) is 1.52. The largest absolute Gasteiger partial charge is 0.389 e. The molecule has 2 N–H and O–H groups in total. The number of hydrogen-bond donors (Lipinski definition) is 2. The summed E-state index contributed by atoms with van der Waals surface area (Å²) in [4.78, 5) is 12.0. The summed E-state index contributed by atoms with van der Waals surface area (Å²) in [6, 6.07) is 7.67. The van der Waals surface area contributed by atoms with E-state index in [2.05, 4.69) is 5.32 Å². The molecule has 3 nitrogen and oxygen atoms in total. The number of carbonyl (C=O) groups excluding carboxylic acids is 1. The number of benzene rings is 2. The Hall–Kier alpha value is -2.34. The van der Waals surface area contributed by atoms with Crippen LogP contribution < -0.4 is 5.32 Å². The Kier molecular flexibility index (Phi) is 4.28. The van der Waals surface area contributed by atoms with E-state index in [4.69, 9.17) is 0 Å². The van der Waals surface area contributed by atoms with E-state index in [1.165, 1.54) is 13.0 Å². The van der Waals surface area contributed by atoms with Gasteiger partial charge in [-0.3, -0.25) is 4.79 Å². The molecule has 1 atom stereocenters. The standard InChI is InChI=1S/C15H12F3NO2/c1-8(20)10-4-2-3-5-13(10)19-15(21)9-6-11(16)14(18)12(17)7-9/h2-8,20H,1H3,(H,19,21). The van der Waals surface area contributed by atoms with Crippen LogP contribution in [0.2, 0.25) is 0 Å². The number of aliphatic hydroxyl groups excluding tert-OH is 1. The first-order valence-corrected chi connectivity index (χ1v) is 6.13. The van der Waals surface area contributed by atoms with Crippen molar-refractivity contribution in [3.05, 3.63) is 65.0 Å². The van der Waals surface area contributed by atoms with Gasteiger partial charge < -0.3 is 10.4 Å². The van der Waals surface area contributed by atoms with Crippen LogP contribution in [-0.2, 0) is 0 Å². The number of nitrogens with one attached hydrogen (secondary N) is 1. The van der Waals surface area contributed by atoms with Crippen LogP contribution in [0.3, 0.4) is 0 Å². The highest BCUT2D eigenvalue weighted by atomic mass is 19.2. The predicted molar refractivity (Wildman–Crippen MR) is 71.3 cm³/mol. The molecule has 0 aliphatic carbocycles. The minimum Gasteiger partial charge on any atom is -0.389 e. The van der Waals surface area contributed by atoms with Gasteiger partial charge in [0.1, 0.15) is 0 Å². The molecule has 2 aromatic carbocycles. The summed E-state index contributed by atoms with van der Waals surface area (Å²) >= 11 is 0. The van der Waals surface area contributed by atoms with Gasteiger partial charge in [0.15, 0.2) is 17.5 Å². The SMILES string of the molecule is CC(O)c1ccccc1NC(=O)c1cc(F)c(F)c(F)c1. The Morgan fingerprint density at radius 1 is 1.14 bits per heavy atom. The molecule has 1 unspecified atom stereocenters. The molecule has 0 radical (unpaired) electrons. The molecule has 1 amide bonds. The van der Waals surface area contributed by atoms with Gasteiger partial charge in [0.2, 0.25) is 0 Å². The highest BCUT2D eigenvalue weighted by Gasteiger charge is 2.16. The minimum atomic E-state index is -1.63. The first-order valence-electron chi connectivity index (χ1n) is 6.13. The first-order chi connectivity index (χ1) is 9.90. The normalized spacial score (nSPS) is 12.0. The predicted octanol–water partition coefficient (Wildman–Crippen LogP) is 3.41. The quantitative estimate of drug-likeness (QED) is 0.853. The average Bonchev–Trinajstić information content (AvgIpc) is 2.44. The molecule has 0 fully saturated rings. The van der Waals surface area contributed by atoms with E-state index in [1.807, 2.05) is 0 Å². The molecule has 110 valence electrons. The Morgan fingerprint density at radius 2 is 1.71 bits per heavy atom. The number of aliphatic hydroxyl groups is 1. The van der Waals surface area contributed by atoms with Crippen molar-refractivity contribution in [1.29, 1.82) is 0 Å². The van der Waals surface area contributed by atoms with Crippen molar-refractivity contribution in [2.24, 2.45) is 0 Å². The molecule has 0 aliphatic rings. The maximum absolute atomic E-state index is 13.1. The van der Waals surface area contributed by atoms with Crippen molar-refractivity contribution in [3.8, 4) is 0 Å². The van der Waals surface area contributed by atoms with Gasteiger partial charge in [0, 0.05) is 16.8 Å². The van der Waals surface area contributed by atoms with Gasteiger partial charge in [-0.2, -0.15) is 0 Å². The molecule has 2 rings (SSSR count). The zero-order valence-corrected chi connectivity index (χ0v) is 11.0. The third-order valence-electron chi connectivity index (χ3n) is 2.91. The Labute approximate surface area is 119 Å². The van der Waals surface area contributed by atoms with E-state index in [0.29, 0.717) is 23.4 Å². The zero-order chi connectivity index (χ0) is 15.6. The van der Waals surface area contributed by atoms with Gasteiger partial charge in [-0.15, -0.1) is 0 Å². The molecular formula is C15H12F3NO2. The molecule has 0 bridgehead atoms. The van der Waals surface area contributed by atoms with Gasteiger partial charge in [-0.25, -0.2) is 13.2 Å². The van der Waals surface area contributed by atoms with Crippen molar-refractivity contribution in [2.75, 3.05) is 5.32 Å². The lowest BCUT2D eigenvalue weighted by molar-refractivity contribution is 0.102. The number of hydrogen-bond acceptors (Lipinski definition) is 2. The van der Waals surface area contributed by atoms with Crippen molar-refractivity contribution < 1.29 is 23.1 Å². The van der Waals surface area contributed by atoms with Crippen LogP contribution in [0.25, 0.3) is 0 Å². The van der Waals surface area contributed by atoms with Crippen LogP contribution in [0.4, 0.5) is 18.9 Å². The summed E-state index contributed by atoms with van der Waals surface area (Å²) in [6.07, 6.45) is -0.830. The van der Waals surface area contributed by atoms with E-state index >= 15 is 0 Å². The van der Waals surface area contributed by atoms with Gasteiger partial charge in [0.25, 0.3) is 5.91 Å². The molecule has 0 aliphatic heterocycles. The third-order valence-corrected chi connectivity index (χ3v) is 2.91. The van der Waals surface area contributed by atoms with Crippen LogP contribution in [0.1, 0.15) is 28.9 Å². The van der Waals surface area contributed by atoms with Gasteiger partial charge >= 0.3 is 0 Å². The van der Waals surface area contributed by atoms with Crippen molar-refractivity contribution in [3.63, 3.8) is 0 Å². The molecule has 0 spiro atoms. The van der Waals surface area contributed by atoms with E-state index in [9.17, 15) is 23.1 Å². The lowest BCUT2D eigenvalue weighted by Crippen LogP contribution is -2.15. The first kappa shape index (κ1) is 15.1. The number of anilines is 1. The molecule has 0 saturated carbocycles. The highest BCUT2D eigenvalue weighted by Crippen LogP contribution is 2.23. The van der Waals surface area contributed by atoms with Gasteiger partial charge in [-0.1, -0.05) is 18.2 Å². The number of amides is 1. The molecular weight excluding hydrogens is 283 g/mol. The lowest BCUT2D eigenvalue weighted by atomic mass is 10.1. The topological polar surface area (TPSA) is 49.3 Å². The summed E-state index contributed by atoms with van der Waals surface area (Å²) in [7, 11) is 0. The molecule has 2 aromatic rings. The number of halogens is 3. The second-order valence-electron chi connectivity index (χ2n) is 4.47. The Morgan fingerprint density at radius 3 is 2.29 bits per heavy atom. The van der Waals surface area contributed by atoms with Gasteiger partial charge in [-0.05, 0) is 25.1 Å². The molecule has 0 heterocycles. The molecule has 21 heavy (non-hydrogen) atoms. The highest BCUT2D eigenvalue weighted by molar-refractivity contribution is 6.04. The third kappa shape index (κ3) is 3.22. The number of carbonyl (C=O) groups is 1. The van der Waals surface area contributed by atoms with Crippen LogP contribution in [0.15, 0.2) is 36.4 Å². The van der Waals surface area contributed by atoms with Gasteiger partial charge in [0.05, 0.1) is 6.10 Å². The van der Waals surface area contributed by atoms with Crippen LogP contribution >= 0.6 is 0 Å². The maximum Gasteiger partial charge on any atom is 0.255 e. The van der Waals surface area contributed by atoms with E-state index in [1.54, 1.807) is 18.2 Å². The van der Waals surface area contributed by atoms with E-state index in [-0.39, 0.29) is 5.56 Å².